The highest BCUT2D eigenvalue weighted by Gasteiger charge is 2.28. The predicted octanol–water partition coefficient (Wildman–Crippen LogP) is 1.56. The Morgan fingerprint density at radius 2 is 2.19 bits per heavy atom. The first kappa shape index (κ1) is 9.21. The first-order valence-corrected chi connectivity index (χ1v) is 5.25. The minimum absolute atomic E-state index is 0.0123. The number of ether oxygens (including phenoxy) is 1. The number of benzene rings is 1. The summed E-state index contributed by atoms with van der Waals surface area (Å²) in [5.41, 5.74) is 1.91. The van der Waals surface area contributed by atoms with Crippen LogP contribution in [0.15, 0.2) is 48.2 Å². The van der Waals surface area contributed by atoms with E-state index in [0.29, 0.717) is 6.54 Å². The molecule has 0 radical (unpaired) electrons. The van der Waals surface area contributed by atoms with Crippen LogP contribution in [0.25, 0.3) is 0 Å². The second kappa shape index (κ2) is 3.52. The van der Waals surface area contributed by atoms with Gasteiger partial charge < -0.3 is 10.1 Å². The van der Waals surface area contributed by atoms with Gasteiger partial charge in [0.25, 0.3) is 0 Å². The standard InChI is InChI=1S/C13H11NO2/c15-11-6-3-5-10-13(11)16-12-7-2-1-4-9(12)8-14-10/h1-7,13-14H,8H2. The quantitative estimate of drug-likeness (QED) is 0.710. The van der Waals surface area contributed by atoms with Crippen molar-refractivity contribution in [2.45, 2.75) is 12.6 Å². The number of nitrogens with one attached hydrogen (secondary N) is 1. The number of ketones is 1. The summed E-state index contributed by atoms with van der Waals surface area (Å²) >= 11 is 0. The Morgan fingerprint density at radius 3 is 3.12 bits per heavy atom. The number of carbonyl (C=O) groups excluding carboxylic acids is 1. The lowest BCUT2D eigenvalue weighted by atomic mass is 10.1. The van der Waals surface area contributed by atoms with E-state index < -0.39 is 6.10 Å². The highest BCUT2D eigenvalue weighted by atomic mass is 16.5. The van der Waals surface area contributed by atoms with Gasteiger partial charge in [0.15, 0.2) is 6.10 Å². The molecule has 3 nitrogen and oxygen atoms in total. The van der Waals surface area contributed by atoms with Crippen molar-refractivity contribution in [2.75, 3.05) is 0 Å². The molecule has 0 aromatic heterocycles. The van der Waals surface area contributed by atoms with Crippen molar-refractivity contribution in [1.29, 1.82) is 0 Å². The van der Waals surface area contributed by atoms with Crippen molar-refractivity contribution in [3.8, 4) is 5.75 Å². The predicted molar refractivity (Wildman–Crippen MR) is 59.9 cm³/mol. The molecule has 1 unspecified atom stereocenters. The van der Waals surface area contributed by atoms with E-state index in [-0.39, 0.29) is 5.78 Å². The third kappa shape index (κ3) is 1.41. The van der Waals surface area contributed by atoms with E-state index in [0.717, 1.165) is 17.0 Å². The highest BCUT2D eigenvalue weighted by molar-refractivity contribution is 5.97. The fraction of sp³-hybridized carbons (Fsp3) is 0.154. The van der Waals surface area contributed by atoms with Gasteiger partial charge >= 0.3 is 0 Å². The third-order valence-corrected chi connectivity index (χ3v) is 2.78. The van der Waals surface area contributed by atoms with E-state index in [4.69, 9.17) is 4.74 Å². The average molecular weight is 213 g/mol. The Kier molecular flexibility index (Phi) is 2.03. The molecular weight excluding hydrogens is 202 g/mol. The van der Waals surface area contributed by atoms with Crippen molar-refractivity contribution >= 4 is 5.78 Å². The van der Waals surface area contributed by atoms with Crippen LogP contribution in [0.2, 0.25) is 0 Å². The summed E-state index contributed by atoms with van der Waals surface area (Å²) in [4.78, 5) is 11.7. The molecule has 0 amide bonds. The smallest absolute Gasteiger partial charge is 0.202 e. The van der Waals surface area contributed by atoms with Gasteiger partial charge in [-0.15, -0.1) is 0 Å². The summed E-state index contributed by atoms with van der Waals surface area (Å²) in [6.07, 6.45) is 4.68. The van der Waals surface area contributed by atoms with Crippen LogP contribution >= 0.6 is 0 Å². The Labute approximate surface area is 93.4 Å². The van der Waals surface area contributed by atoms with Gasteiger partial charge in [0.2, 0.25) is 5.78 Å². The average Bonchev–Trinajstić information content (AvgIpc) is 2.50. The second-order valence-corrected chi connectivity index (χ2v) is 3.84. The van der Waals surface area contributed by atoms with Crippen molar-refractivity contribution in [2.24, 2.45) is 0 Å². The number of para-hydroxylation sites is 1. The zero-order valence-electron chi connectivity index (χ0n) is 8.64. The fourth-order valence-electron chi connectivity index (χ4n) is 1.94. The number of hydrogen-bond acceptors (Lipinski definition) is 3. The van der Waals surface area contributed by atoms with Gasteiger partial charge in [0.05, 0.1) is 5.70 Å². The lowest BCUT2D eigenvalue weighted by molar-refractivity contribution is -0.119. The number of hydrogen-bond donors (Lipinski definition) is 1. The first-order chi connectivity index (χ1) is 7.84. The lowest BCUT2D eigenvalue weighted by Crippen LogP contribution is -2.34. The van der Waals surface area contributed by atoms with Crippen LogP contribution in [0.5, 0.6) is 5.75 Å². The first-order valence-electron chi connectivity index (χ1n) is 5.25. The molecule has 80 valence electrons. The van der Waals surface area contributed by atoms with Crippen LogP contribution in [-0.2, 0) is 11.3 Å². The van der Waals surface area contributed by atoms with E-state index >= 15 is 0 Å². The molecule has 0 bridgehead atoms. The van der Waals surface area contributed by atoms with Crippen LogP contribution in [0.3, 0.4) is 0 Å². The van der Waals surface area contributed by atoms with Crippen LogP contribution in [0.1, 0.15) is 5.56 Å². The maximum Gasteiger partial charge on any atom is 0.202 e. The van der Waals surface area contributed by atoms with Crippen LogP contribution in [0, 0.1) is 0 Å². The molecule has 1 aliphatic heterocycles. The zero-order chi connectivity index (χ0) is 11.0. The van der Waals surface area contributed by atoms with Crippen LogP contribution < -0.4 is 10.1 Å². The molecule has 3 rings (SSSR count). The summed E-state index contributed by atoms with van der Waals surface area (Å²) in [6.45, 7) is 0.694. The maximum atomic E-state index is 11.7. The highest BCUT2D eigenvalue weighted by Crippen LogP contribution is 2.25. The summed E-state index contributed by atoms with van der Waals surface area (Å²) in [6, 6.07) is 7.77. The van der Waals surface area contributed by atoms with Crippen molar-refractivity contribution < 1.29 is 9.53 Å². The van der Waals surface area contributed by atoms with Crippen LogP contribution in [0.4, 0.5) is 0 Å². The van der Waals surface area contributed by atoms with E-state index in [9.17, 15) is 4.79 Å². The molecule has 1 heterocycles. The van der Waals surface area contributed by atoms with Gasteiger partial charge in [-0.05, 0) is 18.2 Å². The largest absolute Gasteiger partial charge is 0.476 e. The van der Waals surface area contributed by atoms with Crippen LogP contribution in [-0.4, -0.2) is 11.9 Å². The van der Waals surface area contributed by atoms with Crippen molar-refractivity contribution in [3.05, 3.63) is 53.8 Å². The normalized spacial score (nSPS) is 22.1. The summed E-state index contributed by atoms with van der Waals surface area (Å²) in [5.74, 6) is 0.772. The summed E-state index contributed by atoms with van der Waals surface area (Å²) in [5, 5.41) is 3.23. The number of fused-ring (bicyclic) bond motifs is 2. The minimum atomic E-state index is -0.506. The molecule has 2 aliphatic rings. The minimum Gasteiger partial charge on any atom is -0.476 e. The van der Waals surface area contributed by atoms with Crippen molar-refractivity contribution in [1.82, 2.24) is 5.32 Å². The van der Waals surface area contributed by atoms with Gasteiger partial charge in [0, 0.05) is 12.1 Å². The fourth-order valence-corrected chi connectivity index (χ4v) is 1.94. The lowest BCUT2D eigenvalue weighted by Gasteiger charge is -2.19. The van der Waals surface area contributed by atoms with E-state index in [1.165, 1.54) is 0 Å². The number of allylic oxidation sites excluding steroid dienone is 2. The van der Waals surface area contributed by atoms with E-state index in [1.54, 1.807) is 12.2 Å². The second-order valence-electron chi connectivity index (χ2n) is 3.84. The maximum absolute atomic E-state index is 11.7. The molecule has 1 N–H and O–H groups in total. The molecule has 0 fully saturated rings. The molecule has 1 atom stereocenters. The molecule has 1 aliphatic carbocycles. The Hall–Kier alpha value is -2.03. The number of carbonyl (C=O) groups is 1. The molecule has 0 spiro atoms. The Morgan fingerprint density at radius 1 is 1.31 bits per heavy atom. The Bertz CT molecular complexity index is 502. The van der Waals surface area contributed by atoms with Gasteiger partial charge in [-0.25, -0.2) is 0 Å². The summed E-state index contributed by atoms with van der Waals surface area (Å²) < 4.78 is 5.74. The monoisotopic (exact) mass is 213 g/mol. The topological polar surface area (TPSA) is 38.3 Å². The third-order valence-electron chi connectivity index (χ3n) is 2.78. The molecular formula is C13H11NO2. The molecule has 16 heavy (non-hydrogen) atoms. The molecule has 3 heteroatoms. The SMILES string of the molecule is O=C1C=CC=C2NCc3ccccc3OC12. The molecule has 0 saturated carbocycles. The van der Waals surface area contributed by atoms with E-state index in [2.05, 4.69) is 5.32 Å². The Balaban J connectivity index is 2.02. The molecule has 1 aromatic rings. The molecule has 1 aromatic carbocycles. The van der Waals surface area contributed by atoms with Crippen molar-refractivity contribution in [3.63, 3.8) is 0 Å². The van der Waals surface area contributed by atoms with Gasteiger partial charge in [-0.1, -0.05) is 24.3 Å². The molecule has 0 saturated heterocycles. The van der Waals surface area contributed by atoms with E-state index in [1.807, 2.05) is 30.3 Å². The number of rotatable bonds is 0. The van der Waals surface area contributed by atoms with Gasteiger partial charge in [-0.3, -0.25) is 4.79 Å². The van der Waals surface area contributed by atoms with Gasteiger partial charge in [0.1, 0.15) is 5.75 Å². The zero-order valence-corrected chi connectivity index (χ0v) is 8.64. The summed E-state index contributed by atoms with van der Waals surface area (Å²) in [7, 11) is 0. The van der Waals surface area contributed by atoms with Gasteiger partial charge in [-0.2, -0.15) is 0 Å².